The number of para-hydroxylation sites is 1. The van der Waals surface area contributed by atoms with Gasteiger partial charge in [-0.2, -0.15) is 0 Å². The van der Waals surface area contributed by atoms with Crippen LogP contribution in [0, 0.1) is 0 Å². The van der Waals surface area contributed by atoms with Gasteiger partial charge in [-0.05, 0) is 38.4 Å². The average Bonchev–Trinajstić information content (AvgIpc) is 2.97. The molecule has 0 radical (unpaired) electrons. The Labute approximate surface area is 121 Å². The molecular formula is C16H25N3O. The van der Waals surface area contributed by atoms with Crippen molar-refractivity contribution in [1.82, 2.24) is 10.6 Å². The standard InChI is InChI=1S/C16H25N3O/c1-13(19(2)15-8-4-3-5-9-15)12-18-16(20)11-14-7-6-10-17-14/h3-5,8-9,13-14,17H,6-7,10-12H2,1-2H3,(H,18,20). The van der Waals surface area contributed by atoms with Gasteiger partial charge in [0, 0.05) is 37.8 Å². The molecule has 2 unspecified atom stereocenters. The molecule has 0 aromatic heterocycles. The summed E-state index contributed by atoms with van der Waals surface area (Å²) in [4.78, 5) is 14.1. The summed E-state index contributed by atoms with van der Waals surface area (Å²) in [5.41, 5.74) is 1.17. The Balaban J connectivity index is 1.73. The molecule has 2 rings (SSSR count). The quantitative estimate of drug-likeness (QED) is 0.831. The van der Waals surface area contributed by atoms with E-state index in [9.17, 15) is 4.79 Å². The SMILES string of the molecule is CC(CNC(=O)CC1CCCN1)N(C)c1ccccc1. The molecule has 4 nitrogen and oxygen atoms in total. The van der Waals surface area contributed by atoms with Crippen LogP contribution in [-0.2, 0) is 4.79 Å². The highest BCUT2D eigenvalue weighted by Gasteiger charge is 2.18. The predicted molar refractivity (Wildman–Crippen MR) is 83.0 cm³/mol. The summed E-state index contributed by atoms with van der Waals surface area (Å²) in [7, 11) is 2.06. The molecular weight excluding hydrogens is 250 g/mol. The van der Waals surface area contributed by atoms with Crippen molar-refractivity contribution in [2.75, 3.05) is 25.0 Å². The van der Waals surface area contributed by atoms with Crippen molar-refractivity contribution in [3.05, 3.63) is 30.3 Å². The molecule has 0 saturated carbocycles. The number of hydrogen-bond donors (Lipinski definition) is 2. The molecule has 1 aromatic rings. The van der Waals surface area contributed by atoms with Crippen molar-refractivity contribution < 1.29 is 4.79 Å². The van der Waals surface area contributed by atoms with Gasteiger partial charge in [-0.1, -0.05) is 18.2 Å². The van der Waals surface area contributed by atoms with Gasteiger partial charge in [-0.15, -0.1) is 0 Å². The summed E-state index contributed by atoms with van der Waals surface area (Å²) in [6.45, 7) is 3.85. The highest BCUT2D eigenvalue weighted by Crippen LogP contribution is 2.13. The Hall–Kier alpha value is -1.55. The van der Waals surface area contributed by atoms with Crippen LogP contribution in [0.5, 0.6) is 0 Å². The number of nitrogens with zero attached hydrogens (tertiary/aromatic N) is 1. The lowest BCUT2D eigenvalue weighted by Gasteiger charge is -2.27. The van der Waals surface area contributed by atoms with Crippen LogP contribution in [0.3, 0.4) is 0 Å². The van der Waals surface area contributed by atoms with E-state index in [0.717, 1.165) is 13.0 Å². The number of anilines is 1. The zero-order chi connectivity index (χ0) is 14.4. The minimum Gasteiger partial charge on any atom is -0.370 e. The summed E-state index contributed by atoms with van der Waals surface area (Å²) in [6, 6.07) is 10.9. The number of likely N-dealkylation sites (N-methyl/N-ethyl adjacent to an activating group) is 1. The molecule has 0 bridgehead atoms. The molecule has 0 spiro atoms. The van der Waals surface area contributed by atoms with Crippen molar-refractivity contribution >= 4 is 11.6 Å². The van der Waals surface area contributed by atoms with E-state index in [2.05, 4.69) is 41.6 Å². The van der Waals surface area contributed by atoms with E-state index < -0.39 is 0 Å². The molecule has 2 N–H and O–H groups in total. The lowest BCUT2D eigenvalue weighted by molar-refractivity contribution is -0.121. The Kier molecular flexibility index (Phi) is 5.41. The molecule has 20 heavy (non-hydrogen) atoms. The van der Waals surface area contributed by atoms with Crippen LogP contribution >= 0.6 is 0 Å². The average molecular weight is 275 g/mol. The molecule has 0 aliphatic carbocycles. The normalized spacial score (nSPS) is 19.6. The molecule has 1 heterocycles. The van der Waals surface area contributed by atoms with Gasteiger partial charge in [0.15, 0.2) is 0 Å². The highest BCUT2D eigenvalue weighted by molar-refractivity contribution is 5.76. The number of nitrogens with one attached hydrogen (secondary N) is 2. The van der Waals surface area contributed by atoms with Crippen LogP contribution in [0.25, 0.3) is 0 Å². The second-order valence-corrected chi connectivity index (χ2v) is 5.60. The largest absolute Gasteiger partial charge is 0.370 e. The first-order valence-electron chi connectivity index (χ1n) is 7.45. The first-order valence-corrected chi connectivity index (χ1v) is 7.45. The Bertz CT molecular complexity index is 415. The summed E-state index contributed by atoms with van der Waals surface area (Å²) in [5.74, 6) is 0.151. The minimum atomic E-state index is 0.151. The fourth-order valence-electron chi connectivity index (χ4n) is 2.54. The van der Waals surface area contributed by atoms with E-state index in [4.69, 9.17) is 0 Å². The van der Waals surface area contributed by atoms with Crippen LogP contribution < -0.4 is 15.5 Å². The summed E-state index contributed by atoms with van der Waals surface area (Å²) in [6.07, 6.45) is 2.90. The second kappa shape index (κ2) is 7.29. The van der Waals surface area contributed by atoms with Gasteiger partial charge < -0.3 is 15.5 Å². The van der Waals surface area contributed by atoms with Gasteiger partial charge in [0.05, 0.1) is 0 Å². The van der Waals surface area contributed by atoms with Gasteiger partial charge in [0.2, 0.25) is 5.91 Å². The van der Waals surface area contributed by atoms with Gasteiger partial charge in [-0.25, -0.2) is 0 Å². The van der Waals surface area contributed by atoms with Crippen molar-refractivity contribution in [3.8, 4) is 0 Å². The number of amides is 1. The third-order valence-corrected chi connectivity index (χ3v) is 4.01. The monoisotopic (exact) mass is 275 g/mol. The third-order valence-electron chi connectivity index (χ3n) is 4.01. The lowest BCUT2D eigenvalue weighted by atomic mass is 10.1. The van der Waals surface area contributed by atoms with Crippen molar-refractivity contribution in [2.24, 2.45) is 0 Å². The van der Waals surface area contributed by atoms with Gasteiger partial charge in [0.1, 0.15) is 0 Å². The smallest absolute Gasteiger partial charge is 0.221 e. The van der Waals surface area contributed by atoms with Crippen molar-refractivity contribution in [3.63, 3.8) is 0 Å². The summed E-state index contributed by atoms with van der Waals surface area (Å²) < 4.78 is 0. The van der Waals surface area contributed by atoms with Gasteiger partial charge in [-0.3, -0.25) is 4.79 Å². The van der Waals surface area contributed by atoms with E-state index >= 15 is 0 Å². The second-order valence-electron chi connectivity index (χ2n) is 5.60. The van der Waals surface area contributed by atoms with Crippen LogP contribution in [0.4, 0.5) is 5.69 Å². The molecule has 1 amide bonds. The maximum absolute atomic E-state index is 11.9. The van der Waals surface area contributed by atoms with Crippen molar-refractivity contribution in [2.45, 2.75) is 38.3 Å². The maximum Gasteiger partial charge on any atom is 0.221 e. The number of carbonyl (C=O) groups excluding carboxylic acids is 1. The van der Waals surface area contributed by atoms with Crippen LogP contribution in [0.2, 0.25) is 0 Å². The summed E-state index contributed by atoms with van der Waals surface area (Å²) in [5, 5.41) is 6.39. The zero-order valence-corrected chi connectivity index (χ0v) is 12.4. The van der Waals surface area contributed by atoms with Crippen LogP contribution in [0.1, 0.15) is 26.2 Å². The molecule has 110 valence electrons. The van der Waals surface area contributed by atoms with Crippen LogP contribution in [0.15, 0.2) is 30.3 Å². The van der Waals surface area contributed by atoms with Gasteiger partial charge >= 0.3 is 0 Å². The molecule has 4 heteroatoms. The highest BCUT2D eigenvalue weighted by atomic mass is 16.1. The van der Waals surface area contributed by atoms with E-state index in [-0.39, 0.29) is 11.9 Å². The first-order chi connectivity index (χ1) is 9.66. The maximum atomic E-state index is 11.9. The predicted octanol–water partition coefficient (Wildman–Crippen LogP) is 1.77. The Morgan fingerprint density at radius 1 is 1.45 bits per heavy atom. The molecule has 1 aliphatic heterocycles. The molecule has 1 aliphatic rings. The minimum absolute atomic E-state index is 0.151. The molecule has 1 fully saturated rings. The Morgan fingerprint density at radius 2 is 2.20 bits per heavy atom. The van der Waals surface area contributed by atoms with Gasteiger partial charge in [0.25, 0.3) is 0 Å². The molecule has 2 atom stereocenters. The van der Waals surface area contributed by atoms with E-state index in [1.165, 1.54) is 12.1 Å². The zero-order valence-electron chi connectivity index (χ0n) is 12.4. The topological polar surface area (TPSA) is 44.4 Å². The fraction of sp³-hybridized carbons (Fsp3) is 0.562. The van der Waals surface area contributed by atoms with E-state index in [0.29, 0.717) is 19.0 Å². The fourth-order valence-corrected chi connectivity index (χ4v) is 2.54. The summed E-state index contributed by atoms with van der Waals surface area (Å²) >= 11 is 0. The third kappa shape index (κ3) is 4.23. The lowest BCUT2D eigenvalue weighted by Crippen LogP contribution is -2.41. The first kappa shape index (κ1) is 14.9. The van der Waals surface area contributed by atoms with Crippen molar-refractivity contribution in [1.29, 1.82) is 0 Å². The van der Waals surface area contributed by atoms with Crippen LogP contribution in [-0.4, -0.2) is 38.1 Å². The molecule has 1 saturated heterocycles. The number of benzene rings is 1. The number of hydrogen-bond acceptors (Lipinski definition) is 3. The van der Waals surface area contributed by atoms with E-state index in [1.807, 2.05) is 18.2 Å². The Morgan fingerprint density at radius 3 is 2.85 bits per heavy atom. The van der Waals surface area contributed by atoms with E-state index in [1.54, 1.807) is 0 Å². The number of rotatable bonds is 6. The number of carbonyl (C=O) groups is 1. The molecule has 1 aromatic carbocycles.